The van der Waals surface area contributed by atoms with E-state index >= 15 is 0 Å². The SMILES string of the molecule is COc1ccccc1[C@@H]1CC(=O)NC(SC)=C1C#N. The van der Waals surface area contributed by atoms with Crippen molar-refractivity contribution in [3.05, 3.63) is 40.4 Å². The number of rotatable bonds is 3. The lowest BCUT2D eigenvalue weighted by Crippen LogP contribution is -2.30. The van der Waals surface area contributed by atoms with Crippen molar-refractivity contribution in [1.82, 2.24) is 5.32 Å². The second-order valence-corrected chi connectivity index (χ2v) is 4.92. The van der Waals surface area contributed by atoms with Crippen LogP contribution in [0.3, 0.4) is 0 Å². The summed E-state index contributed by atoms with van der Waals surface area (Å²) in [5.74, 6) is 0.395. The Labute approximate surface area is 116 Å². The molecule has 0 bridgehead atoms. The number of hydrogen-bond acceptors (Lipinski definition) is 4. The second-order valence-electron chi connectivity index (χ2n) is 4.11. The second kappa shape index (κ2) is 5.81. The first kappa shape index (κ1) is 13.5. The summed E-state index contributed by atoms with van der Waals surface area (Å²) in [6.45, 7) is 0. The van der Waals surface area contributed by atoms with Gasteiger partial charge < -0.3 is 10.1 Å². The zero-order valence-corrected chi connectivity index (χ0v) is 11.6. The number of ether oxygens (including phenoxy) is 1. The first-order chi connectivity index (χ1) is 9.21. The average Bonchev–Trinajstić information content (AvgIpc) is 2.46. The molecule has 0 saturated carbocycles. The highest BCUT2D eigenvalue weighted by Crippen LogP contribution is 2.38. The van der Waals surface area contributed by atoms with E-state index in [0.717, 1.165) is 5.56 Å². The van der Waals surface area contributed by atoms with Crippen LogP contribution >= 0.6 is 11.8 Å². The van der Waals surface area contributed by atoms with Crippen molar-refractivity contribution in [3.63, 3.8) is 0 Å². The van der Waals surface area contributed by atoms with Crippen LogP contribution in [0.4, 0.5) is 0 Å². The van der Waals surface area contributed by atoms with Gasteiger partial charge in [-0.25, -0.2) is 0 Å². The molecule has 5 heteroatoms. The molecule has 0 spiro atoms. The molecule has 1 aromatic carbocycles. The normalized spacial score (nSPS) is 18.8. The smallest absolute Gasteiger partial charge is 0.225 e. The number of nitrogens with zero attached hydrogens (tertiary/aromatic N) is 1. The average molecular weight is 274 g/mol. The summed E-state index contributed by atoms with van der Waals surface area (Å²) in [6.07, 6.45) is 2.12. The lowest BCUT2D eigenvalue weighted by molar-refractivity contribution is -0.120. The fraction of sp³-hybridized carbons (Fsp3) is 0.286. The van der Waals surface area contributed by atoms with Crippen molar-refractivity contribution in [2.45, 2.75) is 12.3 Å². The molecule has 1 N–H and O–H groups in total. The molecule has 0 aromatic heterocycles. The number of carbonyl (C=O) groups excluding carboxylic acids is 1. The standard InChI is InChI=1S/C14H14N2O2S/c1-18-12-6-4-3-5-9(12)10-7-13(17)16-14(19-2)11(10)8-15/h3-6,10H,7H2,1-2H3,(H,16,17)/t10-/m0/s1. The Balaban J connectivity index is 2.53. The Morgan fingerprint density at radius 3 is 2.84 bits per heavy atom. The fourth-order valence-electron chi connectivity index (χ4n) is 2.20. The van der Waals surface area contributed by atoms with Gasteiger partial charge in [0.1, 0.15) is 5.75 Å². The molecule has 2 rings (SSSR count). The Morgan fingerprint density at radius 1 is 1.47 bits per heavy atom. The highest BCUT2D eigenvalue weighted by Gasteiger charge is 2.30. The number of benzene rings is 1. The van der Waals surface area contributed by atoms with Crippen LogP contribution in [-0.2, 0) is 4.79 Å². The molecule has 19 heavy (non-hydrogen) atoms. The molecule has 1 aliphatic rings. The molecule has 1 atom stereocenters. The maximum absolute atomic E-state index is 11.8. The van der Waals surface area contributed by atoms with Crippen molar-refractivity contribution in [1.29, 1.82) is 5.26 Å². The van der Waals surface area contributed by atoms with Crippen LogP contribution in [0.5, 0.6) is 5.75 Å². The molecule has 4 nitrogen and oxygen atoms in total. The van der Waals surface area contributed by atoms with E-state index in [2.05, 4.69) is 11.4 Å². The van der Waals surface area contributed by atoms with Crippen molar-refractivity contribution >= 4 is 17.7 Å². The van der Waals surface area contributed by atoms with Gasteiger partial charge in [0.05, 0.1) is 23.8 Å². The van der Waals surface area contributed by atoms with Gasteiger partial charge in [-0.05, 0) is 12.3 Å². The van der Waals surface area contributed by atoms with E-state index in [1.807, 2.05) is 30.5 Å². The van der Waals surface area contributed by atoms with Gasteiger partial charge in [0.2, 0.25) is 5.91 Å². The fourth-order valence-corrected chi connectivity index (χ4v) is 2.82. The molecule has 1 aliphatic heterocycles. The molecule has 0 saturated heterocycles. The predicted molar refractivity (Wildman–Crippen MR) is 74.6 cm³/mol. The predicted octanol–water partition coefficient (Wildman–Crippen LogP) is 2.40. The van der Waals surface area contributed by atoms with Crippen LogP contribution in [0, 0.1) is 11.3 Å². The third kappa shape index (κ3) is 2.59. The van der Waals surface area contributed by atoms with E-state index in [1.165, 1.54) is 11.8 Å². The van der Waals surface area contributed by atoms with Gasteiger partial charge >= 0.3 is 0 Å². The summed E-state index contributed by atoms with van der Waals surface area (Å²) in [7, 11) is 1.59. The van der Waals surface area contributed by atoms with Crippen molar-refractivity contribution in [3.8, 4) is 11.8 Å². The lowest BCUT2D eigenvalue weighted by atomic mass is 9.86. The monoisotopic (exact) mass is 274 g/mol. The van der Waals surface area contributed by atoms with Crippen molar-refractivity contribution in [2.24, 2.45) is 0 Å². The van der Waals surface area contributed by atoms with E-state index in [0.29, 0.717) is 16.4 Å². The Hall–Kier alpha value is -1.93. The molecule has 0 fully saturated rings. The van der Waals surface area contributed by atoms with Crippen molar-refractivity contribution in [2.75, 3.05) is 13.4 Å². The summed E-state index contributed by atoms with van der Waals surface area (Å²) in [5, 5.41) is 12.7. The zero-order chi connectivity index (χ0) is 13.8. The molecule has 1 aromatic rings. The number of thioether (sulfide) groups is 1. The minimum Gasteiger partial charge on any atom is -0.496 e. The van der Waals surface area contributed by atoms with Gasteiger partial charge in [0, 0.05) is 17.9 Å². The van der Waals surface area contributed by atoms with Gasteiger partial charge in [0.15, 0.2) is 0 Å². The van der Waals surface area contributed by atoms with Crippen LogP contribution in [0.15, 0.2) is 34.9 Å². The lowest BCUT2D eigenvalue weighted by Gasteiger charge is -2.25. The van der Waals surface area contributed by atoms with E-state index in [1.54, 1.807) is 7.11 Å². The maximum Gasteiger partial charge on any atom is 0.225 e. The topological polar surface area (TPSA) is 62.1 Å². The first-order valence-corrected chi connectivity index (χ1v) is 7.04. The zero-order valence-electron chi connectivity index (χ0n) is 10.8. The molecule has 1 heterocycles. The first-order valence-electron chi connectivity index (χ1n) is 5.82. The molecule has 1 amide bonds. The highest BCUT2D eigenvalue weighted by molar-refractivity contribution is 8.02. The number of methoxy groups -OCH3 is 1. The third-order valence-electron chi connectivity index (χ3n) is 3.07. The van der Waals surface area contributed by atoms with Crippen LogP contribution in [0.25, 0.3) is 0 Å². The van der Waals surface area contributed by atoms with Crippen molar-refractivity contribution < 1.29 is 9.53 Å². The van der Waals surface area contributed by atoms with Crippen LogP contribution < -0.4 is 10.1 Å². The molecular formula is C14H14N2O2S. The van der Waals surface area contributed by atoms with Crippen LogP contribution in [0.2, 0.25) is 0 Å². The van der Waals surface area contributed by atoms with E-state index in [-0.39, 0.29) is 18.2 Å². The molecule has 0 unspecified atom stereocenters. The van der Waals surface area contributed by atoms with Gasteiger partial charge in [-0.1, -0.05) is 18.2 Å². The number of para-hydroxylation sites is 1. The summed E-state index contributed by atoms with van der Waals surface area (Å²) >= 11 is 1.38. The minimum absolute atomic E-state index is 0.0701. The quantitative estimate of drug-likeness (QED) is 0.919. The van der Waals surface area contributed by atoms with Gasteiger partial charge in [-0.2, -0.15) is 5.26 Å². The van der Waals surface area contributed by atoms with E-state index in [9.17, 15) is 10.1 Å². The summed E-state index contributed by atoms with van der Waals surface area (Å²) in [6, 6.07) is 9.72. The summed E-state index contributed by atoms with van der Waals surface area (Å²) < 4.78 is 5.32. The van der Waals surface area contributed by atoms with Gasteiger partial charge in [-0.3, -0.25) is 4.79 Å². The van der Waals surface area contributed by atoms with E-state index < -0.39 is 0 Å². The molecule has 0 radical (unpaired) electrons. The summed E-state index contributed by atoms with van der Waals surface area (Å²) in [5.41, 5.74) is 1.47. The van der Waals surface area contributed by atoms with Gasteiger partial charge in [0.25, 0.3) is 0 Å². The summed E-state index contributed by atoms with van der Waals surface area (Å²) in [4.78, 5) is 11.8. The largest absolute Gasteiger partial charge is 0.496 e. The number of hydrogen-bond donors (Lipinski definition) is 1. The number of amides is 1. The number of allylic oxidation sites excluding steroid dienone is 1. The number of carbonyl (C=O) groups is 1. The number of nitrogens with one attached hydrogen (secondary N) is 1. The Bertz CT molecular complexity index is 575. The Morgan fingerprint density at radius 2 is 2.21 bits per heavy atom. The Kier molecular flexibility index (Phi) is 4.13. The molecule has 98 valence electrons. The van der Waals surface area contributed by atoms with Crippen LogP contribution in [-0.4, -0.2) is 19.3 Å². The third-order valence-corrected chi connectivity index (χ3v) is 3.80. The van der Waals surface area contributed by atoms with E-state index in [4.69, 9.17) is 4.74 Å². The minimum atomic E-state index is -0.239. The molecule has 0 aliphatic carbocycles. The maximum atomic E-state index is 11.8. The molecular weight excluding hydrogens is 260 g/mol. The number of nitriles is 1. The highest BCUT2D eigenvalue weighted by atomic mass is 32.2. The van der Waals surface area contributed by atoms with Gasteiger partial charge in [-0.15, -0.1) is 11.8 Å². The van der Waals surface area contributed by atoms with Crippen LogP contribution in [0.1, 0.15) is 17.9 Å².